The molecule has 0 aliphatic rings. The highest BCUT2D eigenvalue weighted by molar-refractivity contribution is 5.67. The second-order valence-electron chi connectivity index (χ2n) is 4.54. The van der Waals surface area contributed by atoms with Crippen LogP contribution in [0.1, 0.15) is 5.56 Å². The first-order valence-electron chi connectivity index (χ1n) is 6.26. The molecule has 0 saturated heterocycles. The Hall–Kier alpha value is -2.14. The molecular formula is C15H16F2N2O. The van der Waals surface area contributed by atoms with Gasteiger partial charge >= 0.3 is 0 Å². The van der Waals surface area contributed by atoms with Crippen LogP contribution in [-0.4, -0.2) is 17.8 Å². The molecule has 0 aliphatic carbocycles. The van der Waals surface area contributed by atoms with Crippen molar-refractivity contribution in [3.8, 4) is 0 Å². The zero-order valence-corrected chi connectivity index (χ0v) is 10.8. The second kappa shape index (κ2) is 6.34. The van der Waals surface area contributed by atoms with E-state index in [2.05, 4.69) is 5.32 Å². The summed E-state index contributed by atoms with van der Waals surface area (Å²) in [5, 5.41) is 12.1. The molecule has 2 rings (SSSR count). The van der Waals surface area contributed by atoms with Crippen LogP contribution < -0.4 is 11.1 Å². The zero-order chi connectivity index (χ0) is 14.5. The summed E-state index contributed by atoms with van der Waals surface area (Å²) in [4.78, 5) is 0. The number of halogens is 2. The lowest BCUT2D eigenvalue weighted by Gasteiger charge is -2.19. The van der Waals surface area contributed by atoms with E-state index in [9.17, 15) is 13.9 Å². The van der Waals surface area contributed by atoms with E-state index in [0.29, 0.717) is 6.42 Å². The fourth-order valence-corrected chi connectivity index (χ4v) is 1.98. The van der Waals surface area contributed by atoms with E-state index in [1.165, 1.54) is 6.07 Å². The number of aliphatic hydroxyl groups is 1. The van der Waals surface area contributed by atoms with E-state index in [1.54, 1.807) is 0 Å². The largest absolute Gasteiger partial charge is 0.397 e. The van der Waals surface area contributed by atoms with Crippen molar-refractivity contribution < 1.29 is 13.9 Å². The number of anilines is 2. The number of aliphatic hydroxyl groups excluding tert-OH is 1. The van der Waals surface area contributed by atoms with Crippen LogP contribution in [0, 0.1) is 11.6 Å². The van der Waals surface area contributed by atoms with E-state index >= 15 is 0 Å². The molecule has 0 spiro atoms. The molecule has 5 heteroatoms. The van der Waals surface area contributed by atoms with E-state index < -0.39 is 17.7 Å². The number of hydrogen-bond donors (Lipinski definition) is 3. The summed E-state index contributed by atoms with van der Waals surface area (Å²) in [5.74, 6) is -2.00. The highest BCUT2D eigenvalue weighted by atomic mass is 19.2. The first-order valence-corrected chi connectivity index (χ1v) is 6.26. The molecule has 3 nitrogen and oxygen atoms in total. The van der Waals surface area contributed by atoms with Crippen LogP contribution in [0.5, 0.6) is 0 Å². The molecule has 2 aromatic rings. The summed E-state index contributed by atoms with van der Waals surface area (Å²) in [6.45, 7) is -0.218. The number of nitrogen functional groups attached to an aromatic ring is 1. The van der Waals surface area contributed by atoms with Gasteiger partial charge < -0.3 is 16.2 Å². The fourth-order valence-electron chi connectivity index (χ4n) is 1.98. The maximum absolute atomic E-state index is 13.7. The van der Waals surface area contributed by atoms with Crippen molar-refractivity contribution in [1.82, 2.24) is 0 Å². The van der Waals surface area contributed by atoms with E-state index in [1.807, 2.05) is 30.3 Å². The Labute approximate surface area is 116 Å². The van der Waals surface area contributed by atoms with Gasteiger partial charge in [0.05, 0.1) is 24.0 Å². The Morgan fingerprint density at radius 1 is 1.10 bits per heavy atom. The Morgan fingerprint density at radius 2 is 1.80 bits per heavy atom. The van der Waals surface area contributed by atoms with Crippen molar-refractivity contribution in [1.29, 1.82) is 0 Å². The van der Waals surface area contributed by atoms with E-state index in [-0.39, 0.29) is 18.0 Å². The smallest absolute Gasteiger partial charge is 0.183 e. The molecule has 0 aromatic heterocycles. The average molecular weight is 278 g/mol. The summed E-state index contributed by atoms with van der Waals surface area (Å²) in [6.07, 6.45) is 0.479. The summed E-state index contributed by atoms with van der Waals surface area (Å²) in [7, 11) is 0. The van der Waals surface area contributed by atoms with Gasteiger partial charge in [0.2, 0.25) is 0 Å². The van der Waals surface area contributed by atoms with Crippen molar-refractivity contribution in [2.24, 2.45) is 0 Å². The standard InChI is InChI=1S/C15H16F2N2O/c16-12-6-7-13(18)15(14(12)17)19-11(9-20)8-10-4-2-1-3-5-10/h1-7,11,19-20H,8-9,18H2. The van der Waals surface area contributed by atoms with Crippen LogP contribution in [0.15, 0.2) is 42.5 Å². The van der Waals surface area contributed by atoms with Crippen LogP contribution in [0.3, 0.4) is 0 Å². The van der Waals surface area contributed by atoms with E-state index in [4.69, 9.17) is 5.73 Å². The molecular weight excluding hydrogens is 262 g/mol. The Balaban J connectivity index is 2.17. The van der Waals surface area contributed by atoms with Gasteiger partial charge in [-0.2, -0.15) is 0 Å². The van der Waals surface area contributed by atoms with Gasteiger partial charge in [0.15, 0.2) is 11.6 Å². The average Bonchev–Trinajstić information content (AvgIpc) is 2.47. The molecule has 0 aliphatic heterocycles. The lowest BCUT2D eigenvalue weighted by atomic mass is 10.1. The van der Waals surface area contributed by atoms with Gasteiger partial charge in [-0.3, -0.25) is 0 Å². The third-order valence-electron chi connectivity index (χ3n) is 3.02. The Bertz CT molecular complexity index is 576. The highest BCUT2D eigenvalue weighted by Gasteiger charge is 2.16. The quantitative estimate of drug-likeness (QED) is 0.737. The Kier molecular flexibility index (Phi) is 4.53. The van der Waals surface area contributed by atoms with Gasteiger partial charge in [-0.25, -0.2) is 8.78 Å². The van der Waals surface area contributed by atoms with Gasteiger partial charge in [0, 0.05) is 0 Å². The number of rotatable bonds is 5. The lowest BCUT2D eigenvalue weighted by molar-refractivity contribution is 0.273. The molecule has 2 aromatic carbocycles. The van der Waals surface area contributed by atoms with Crippen LogP contribution in [0.2, 0.25) is 0 Å². The molecule has 1 atom stereocenters. The molecule has 1 unspecified atom stereocenters. The maximum atomic E-state index is 13.7. The van der Waals surface area contributed by atoms with Gasteiger partial charge in [-0.15, -0.1) is 0 Å². The minimum Gasteiger partial charge on any atom is -0.397 e. The van der Waals surface area contributed by atoms with Crippen molar-refractivity contribution in [3.63, 3.8) is 0 Å². The molecule has 0 saturated carbocycles. The summed E-state index contributed by atoms with van der Waals surface area (Å²) >= 11 is 0. The first-order chi connectivity index (χ1) is 9.61. The summed E-state index contributed by atoms with van der Waals surface area (Å²) in [5.41, 5.74) is 6.61. The lowest BCUT2D eigenvalue weighted by Crippen LogP contribution is -2.27. The van der Waals surface area contributed by atoms with Crippen LogP contribution in [0.25, 0.3) is 0 Å². The first kappa shape index (κ1) is 14.3. The molecule has 0 amide bonds. The van der Waals surface area contributed by atoms with Gasteiger partial charge in [0.25, 0.3) is 0 Å². The molecule has 20 heavy (non-hydrogen) atoms. The predicted molar refractivity (Wildman–Crippen MR) is 75.4 cm³/mol. The maximum Gasteiger partial charge on any atom is 0.183 e. The topological polar surface area (TPSA) is 58.3 Å². The third kappa shape index (κ3) is 3.24. The molecule has 4 N–H and O–H groups in total. The van der Waals surface area contributed by atoms with Gasteiger partial charge in [-0.1, -0.05) is 30.3 Å². The van der Waals surface area contributed by atoms with Crippen molar-refractivity contribution in [2.45, 2.75) is 12.5 Å². The highest BCUT2D eigenvalue weighted by Crippen LogP contribution is 2.25. The van der Waals surface area contributed by atoms with Gasteiger partial charge in [-0.05, 0) is 24.1 Å². The SMILES string of the molecule is Nc1ccc(F)c(F)c1NC(CO)Cc1ccccc1. The molecule has 0 fully saturated rings. The van der Waals surface area contributed by atoms with Crippen LogP contribution >= 0.6 is 0 Å². The van der Waals surface area contributed by atoms with Crippen LogP contribution in [-0.2, 0) is 6.42 Å². The van der Waals surface area contributed by atoms with Crippen molar-refractivity contribution in [2.75, 3.05) is 17.7 Å². The number of benzene rings is 2. The van der Waals surface area contributed by atoms with Crippen LogP contribution in [0.4, 0.5) is 20.2 Å². The fraction of sp³-hybridized carbons (Fsp3) is 0.200. The normalized spacial score (nSPS) is 12.2. The number of nitrogens with one attached hydrogen (secondary N) is 1. The van der Waals surface area contributed by atoms with Gasteiger partial charge in [0.1, 0.15) is 0 Å². The second-order valence-corrected chi connectivity index (χ2v) is 4.54. The molecule has 0 heterocycles. The third-order valence-corrected chi connectivity index (χ3v) is 3.02. The summed E-state index contributed by atoms with van der Waals surface area (Å²) < 4.78 is 26.9. The predicted octanol–water partition coefficient (Wildman–Crippen LogP) is 2.56. The van der Waals surface area contributed by atoms with Crippen molar-refractivity contribution in [3.05, 3.63) is 59.7 Å². The number of hydrogen-bond acceptors (Lipinski definition) is 3. The minimum atomic E-state index is -1.03. The molecule has 0 bridgehead atoms. The van der Waals surface area contributed by atoms with E-state index in [0.717, 1.165) is 11.6 Å². The monoisotopic (exact) mass is 278 g/mol. The van der Waals surface area contributed by atoms with Crippen molar-refractivity contribution >= 4 is 11.4 Å². The summed E-state index contributed by atoms with van der Waals surface area (Å²) in [6, 6.07) is 11.2. The zero-order valence-electron chi connectivity index (χ0n) is 10.8. The number of nitrogens with two attached hydrogens (primary N) is 1. The Morgan fingerprint density at radius 3 is 2.45 bits per heavy atom. The molecule has 0 radical (unpaired) electrons. The minimum absolute atomic E-state index is 0.107. The molecule has 106 valence electrons.